The van der Waals surface area contributed by atoms with Gasteiger partial charge in [0.2, 0.25) is 10.0 Å². The zero-order valence-corrected chi connectivity index (χ0v) is 23.6. The summed E-state index contributed by atoms with van der Waals surface area (Å²) in [5.74, 6) is -0.810. The summed E-state index contributed by atoms with van der Waals surface area (Å²) in [4.78, 5) is 20.0. The topological polar surface area (TPSA) is 129 Å². The molecule has 10 nitrogen and oxygen atoms in total. The quantitative estimate of drug-likeness (QED) is 0.335. The van der Waals surface area contributed by atoms with Crippen molar-refractivity contribution in [2.75, 3.05) is 40.4 Å². The Bertz CT molecular complexity index is 1560. The second-order valence-corrected chi connectivity index (χ2v) is 13.5. The van der Waals surface area contributed by atoms with Gasteiger partial charge in [-0.05, 0) is 75.3 Å². The number of carbonyl (C=O) groups is 1. The van der Waals surface area contributed by atoms with Gasteiger partial charge in [-0.3, -0.25) is 9.52 Å². The number of rotatable bonds is 9. The number of hydrogen-bond donors (Lipinski definition) is 3. The molecule has 0 atom stereocenters. The van der Waals surface area contributed by atoms with Crippen LogP contribution in [-0.4, -0.2) is 65.8 Å². The minimum atomic E-state index is -4.44. The van der Waals surface area contributed by atoms with Crippen molar-refractivity contribution in [2.24, 2.45) is 10.8 Å². The van der Waals surface area contributed by atoms with E-state index in [9.17, 15) is 26.4 Å². The summed E-state index contributed by atoms with van der Waals surface area (Å²) >= 11 is 0. The van der Waals surface area contributed by atoms with Crippen LogP contribution in [0.25, 0.3) is 11.0 Å². The summed E-state index contributed by atoms with van der Waals surface area (Å²) in [5, 5.41) is 16.4. The van der Waals surface area contributed by atoms with Gasteiger partial charge in [0.05, 0.1) is 47.5 Å². The molecule has 1 saturated carbocycles. The van der Waals surface area contributed by atoms with Crippen molar-refractivity contribution < 1.29 is 31.5 Å². The normalized spacial score (nSPS) is 17.2. The van der Waals surface area contributed by atoms with Crippen LogP contribution in [0.4, 0.5) is 30.4 Å². The molecule has 3 N–H and O–H groups in total. The second kappa shape index (κ2) is 10.5. The molecule has 14 heteroatoms. The van der Waals surface area contributed by atoms with Gasteiger partial charge in [0.1, 0.15) is 5.82 Å². The molecule has 3 aromatic rings. The highest BCUT2D eigenvalue weighted by atomic mass is 32.2. The van der Waals surface area contributed by atoms with E-state index >= 15 is 0 Å². The number of sulfonamides is 1. The number of aromatic nitrogens is 3. The van der Waals surface area contributed by atoms with Gasteiger partial charge in [0.25, 0.3) is 5.91 Å². The smallest absolute Gasteiger partial charge is 0.395 e. The van der Waals surface area contributed by atoms with E-state index in [1.165, 1.54) is 35.9 Å². The van der Waals surface area contributed by atoms with Crippen LogP contribution in [0.5, 0.6) is 0 Å². The Kier molecular flexibility index (Phi) is 7.43. The third-order valence-electron chi connectivity index (χ3n) is 8.04. The van der Waals surface area contributed by atoms with Crippen LogP contribution in [0.3, 0.4) is 0 Å². The number of pyridine rings is 1. The highest BCUT2D eigenvalue weighted by Gasteiger charge is 2.48. The van der Waals surface area contributed by atoms with Crippen molar-refractivity contribution in [2.45, 2.75) is 52.3 Å². The van der Waals surface area contributed by atoms with E-state index in [2.05, 4.69) is 25.0 Å². The Morgan fingerprint density at radius 3 is 2.44 bits per heavy atom. The van der Waals surface area contributed by atoms with E-state index in [0.29, 0.717) is 35.1 Å². The third-order valence-corrected chi connectivity index (χ3v) is 9.30. The molecule has 1 aromatic carbocycles. The fourth-order valence-electron chi connectivity index (χ4n) is 5.08. The molecule has 0 bridgehead atoms. The monoisotopic (exact) mass is 594 g/mol. The number of aliphatic hydroxyl groups is 1. The Morgan fingerprint density at radius 1 is 1.10 bits per heavy atom. The number of carbonyl (C=O) groups excluding carboxylic acids is 1. The molecule has 2 aromatic heterocycles. The lowest BCUT2D eigenvalue weighted by atomic mass is 9.93. The summed E-state index contributed by atoms with van der Waals surface area (Å²) in [7, 11) is -3.77. The first kappa shape index (κ1) is 29.1. The highest BCUT2D eigenvalue weighted by molar-refractivity contribution is 7.92. The molecule has 1 saturated heterocycles. The molecule has 1 aliphatic carbocycles. The number of hydrogen-bond acceptors (Lipinski definition) is 7. The van der Waals surface area contributed by atoms with E-state index in [0.717, 1.165) is 26.7 Å². The zero-order valence-electron chi connectivity index (χ0n) is 22.8. The SMILES string of the molecule is CC(C)(Cn1ncc2ccc(NC(=O)c3ccc(NS(=O)(=O)CCO)cc3N3CCC4(CC3)CC4)nc21)C(F)(F)F. The van der Waals surface area contributed by atoms with E-state index in [1.54, 1.807) is 18.2 Å². The first-order chi connectivity index (χ1) is 19.2. The van der Waals surface area contributed by atoms with Gasteiger partial charge in [-0.2, -0.15) is 18.3 Å². The van der Waals surface area contributed by atoms with Crippen LogP contribution < -0.4 is 14.9 Å². The molecule has 2 aliphatic rings. The molecule has 2 fully saturated rings. The van der Waals surface area contributed by atoms with Gasteiger partial charge in [-0.15, -0.1) is 0 Å². The summed E-state index contributed by atoms with van der Waals surface area (Å²) < 4.78 is 68.6. The maximum absolute atomic E-state index is 13.5. The first-order valence-electron chi connectivity index (χ1n) is 13.4. The minimum Gasteiger partial charge on any atom is -0.395 e. The Balaban J connectivity index is 1.42. The highest BCUT2D eigenvalue weighted by Crippen LogP contribution is 2.54. The minimum absolute atomic E-state index is 0.142. The molecular weight excluding hydrogens is 561 g/mol. The van der Waals surface area contributed by atoms with Gasteiger partial charge >= 0.3 is 6.18 Å². The molecule has 5 rings (SSSR count). The van der Waals surface area contributed by atoms with Crippen LogP contribution in [-0.2, 0) is 16.6 Å². The molecule has 41 heavy (non-hydrogen) atoms. The molecule has 0 radical (unpaired) electrons. The maximum Gasteiger partial charge on any atom is 0.395 e. The lowest BCUT2D eigenvalue weighted by molar-refractivity contribution is -0.216. The van der Waals surface area contributed by atoms with Gasteiger partial charge < -0.3 is 15.3 Å². The molecule has 1 aliphatic heterocycles. The number of anilines is 3. The summed E-state index contributed by atoms with van der Waals surface area (Å²) in [6.07, 6.45) is 1.33. The summed E-state index contributed by atoms with van der Waals surface area (Å²) in [6.45, 7) is 2.64. The number of amides is 1. The molecule has 0 unspecified atom stereocenters. The van der Waals surface area contributed by atoms with E-state index < -0.39 is 46.4 Å². The zero-order chi connectivity index (χ0) is 29.6. The molecular formula is C27H33F3N6O4S. The average molecular weight is 595 g/mol. The average Bonchev–Trinajstić information content (AvgIpc) is 3.53. The van der Waals surface area contributed by atoms with E-state index in [-0.39, 0.29) is 17.2 Å². The van der Waals surface area contributed by atoms with E-state index in [1.807, 2.05) is 0 Å². The Labute approximate surface area is 236 Å². The Morgan fingerprint density at radius 2 is 1.80 bits per heavy atom. The van der Waals surface area contributed by atoms with Crippen molar-refractivity contribution in [1.29, 1.82) is 0 Å². The molecule has 1 amide bonds. The number of nitrogens with one attached hydrogen (secondary N) is 2. The summed E-state index contributed by atoms with van der Waals surface area (Å²) in [5.41, 5.74) is -0.333. The number of alkyl halides is 3. The number of aliphatic hydroxyl groups excluding tert-OH is 1. The lowest BCUT2D eigenvalue weighted by Gasteiger charge is -2.35. The Hall–Kier alpha value is -3.39. The van der Waals surface area contributed by atoms with Crippen LogP contribution in [0.15, 0.2) is 36.5 Å². The number of fused-ring (bicyclic) bond motifs is 1. The van der Waals surface area contributed by atoms with E-state index in [4.69, 9.17) is 5.11 Å². The lowest BCUT2D eigenvalue weighted by Crippen LogP contribution is -2.36. The van der Waals surface area contributed by atoms with Crippen molar-refractivity contribution in [1.82, 2.24) is 14.8 Å². The predicted octanol–water partition coefficient (Wildman–Crippen LogP) is 4.39. The van der Waals surface area contributed by atoms with Crippen molar-refractivity contribution in [3.8, 4) is 0 Å². The number of piperidine rings is 1. The molecule has 222 valence electrons. The number of benzene rings is 1. The van der Waals surface area contributed by atoms with Crippen molar-refractivity contribution in [3.63, 3.8) is 0 Å². The number of nitrogens with zero attached hydrogens (tertiary/aromatic N) is 4. The fourth-order valence-corrected chi connectivity index (χ4v) is 5.91. The van der Waals surface area contributed by atoms with Crippen LogP contribution in [0.1, 0.15) is 49.9 Å². The molecule has 1 spiro atoms. The largest absolute Gasteiger partial charge is 0.395 e. The van der Waals surface area contributed by atoms with Gasteiger partial charge in [-0.25, -0.2) is 18.1 Å². The number of halogens is 3. The summed E-state index contributed by atoms with van der Waals surface area (Å²) in [6, 6.07) is 7.79. The molecule has 3 heterocycles. The standard InChI is InChI=1S/C27H33F3N6O4S/c1-25(2,27(28,29)30)17-36-23-18(16-31-36)3-6-22(32-23)33-24(38)20-5-4-19(34-41(39,40)14-13-37)15-21(20)35-11-9-26(7-8-26)10-12-35/h3-6,15-16,34,37H,7-14,17H2,1-2H3,(H,32,33,38). The van der Waals surface area contributed by atoms with Crippen molar-refractivity contribution in [3.05, 3.63) is 42.1 Å². The van der Waals surface area contributed by atoms with Gasteiger partial charge in [0, 0.05) is 18.5 Å². The predicted molar refractivity (Wildman–Crippen MR) is 149 cm³/mol. The van der Waals surface area contributed by atoms with Gasteiger partial charge in [0.15, 0.2) is 5.65 Å². The second-order valence-electron chi connectivity index (χ2n) is 11.6. The maximum atomic E-state index is 13.5. The van der Waals surface area contributed by atoms with Crippen LogP contribution >= 0.6 is 0 Å². The van der Waals surface area contributed by atoms with Crippen LogP contribution in [0, 0.1) is 10.8 Å². The van der Waals surface area contributed by atoms with Gasteiger partial charge in [-0.1, -0.05) is 0 Å². The van der Waals surface area contributed by atoms with Crippen molar-refractivity contribution >= 4 is 44.2 Å². The first-order valence-corrected chi connectivity index (χ1v) is 15.1. The third kappa shape index (κ3) is 6.27. The fraction of sp³-hybridized carbons (Fsp3) is 0.519. The van der Waals surface area contributed by atoms with Crippen LogP contribution in [0.2, 0.25) is 0 Å².